The van der Waals surface area contributed by atoms with E-state index >= 15 is 0 Å². The van der Waals surface area contributed by atoms with Gasteiger partial charge < -0.3 is 4.42 Å². The summed E-state index contributed by atoms with van der Waals surface area (Å²) in [6, 6.07) is 6.55. The van der Waals surface area contributed by atoms with E-state index in [2.05, 4.69) is 52.8 Å². The molecule has 0 atom stereocenters. The van der Waals surface area contributed by atoms with Gasteiger partial charge in [-0.25, -0.2) is 0 Å². The second kappa shape index (κ2) is 4.74. The summed E-state index contributed by atoms with van der Waals surface area (Å²) in [5.41, 5.74) is 4.44. The number of rotatable bonds is 2. The summed E-state index contributed by atoms with van der Waals surface area (Å²) in [6.07, 6.45) is 1.91. The molecule has 2 rings (SSSR count). The van der Waals surface area contributed by atoms with Gasteiger partial charge in [-0.15, -0.1) is 0 Å². The second-order valence-corrected chi connectivity index (χ2v) is 6.19. The van der Waals surface area contributed by atoms with Gasteiger partial charge in [0.05, 0.1) is 0 Å². The van der Waals surface area contributed by atoms with E-state index in [0.29, 0.717) is 5.76 Å². The lowest BCUT2D eigenvalue weighted by atomic mass is 9.85. The number of hydrogen-bond acceptors (Lipinski definition) is 2. The van der Waals surface area contributed by atoms with Gasteiger partial charge in [-0.2, -0.15) is 5.26 Å². The number of benzene rings is 1. The molecule has 0 bridgehead atoms. The van der Waals surface area contributed by atoms with Crippen molar-refractivity contribution in [2.75, 3.05) is 0 Å². The SMILES string of the molecule is CCCc1c(C#N)oc2c(C)cc(C(C)(C)C)cc12. The molecule has 2 heteroatoms. The third-order valence-corrected chi connectivity index (χ3v) is 3.55. The summed E-state index contributed by atoms with van der Waals surface area (Å²) in [5, 5.41) is 10.3. The molecule has 2 aromatic rings. The van der Waals surface area contributed by atoms with Crippen LogP contribution in [-0.4, -0.2) is 0 Å². The van der Waals surface area contributed by atoms with E-state index in [0.717, 1.165) is 34.9 Å². The zero-order valence-corrected chi connectivity index (χ0v) is 12.4. The van der Waals surface area contributed by atoms with Gasteiger partial charge in [-0.1, -0.05) is 40.2 Å². The highest BCUT2D eigenvalue weighted by molar-refractivity contribution is 5.86. The van der Waals surface area contributed by atoms with Crippen LogP contribution in [0.2, 0.25) is 0 Å². The van der Waals surface area contributed by atoms with Crippen LogP contribution < -0.4 is 0 Å². The van der Waals surface area contributed by atoms with Crippen LogP contribution in [0.5, 0.6) is 0 Å². The Balaban J connectivity index is 2.78. The van der Waals surface area contributed by atoms with Gasteiger partial charge in [-0.05, 0) is 36.0 Å². The fourth-order valence-electron chi connectivity index (χ4n) is 2.44. The van der Waals surface area contributed by atoms with Crippen LogP contribution in [0.25, 0.3) is 11.0 Å². The van der Waals surface area contributed by atoms with Gasteiger partial charge in [0.25, 0.3) is 0 Å². The van der Waals surface area contributed by atoms with E-state index in [1.54, 1.807) is 0 Å². The minimum absolute atomic E-state index is 0.104. The molecular formula is C17H21NO. The minimum atomic E-state index is 0.104. The summed E-state index contributed by atoms with van der Waals surface area (Å²) in [4.78, 5) is 0. The van der Waals surface area contributed by atoms with Gasteiger partial charge >= 0.3 is 0 Å². The molecule has 0 N–H and O–H groups in total. The summed E-state index contributed by atoms with van der Waals surface area (Å²) in [5.74, 6) is 0.478. The Morgan fingerprint density at radius 3 is 2.47 bits per heavy atom. The predicted octanol–water partition coefficient (Wildman–Crippen LogP) is 4.86. The average molecular weight is 255 g/mol. The third kappa shape index (κ3) is 2.38. The highest BCUT2D eigenvalue weighted by Crippen LogP contribution is 2.34. The van der Waals surface area contributed by atoms with Crippen LogP contribution in [0, 0.1) is 18.3 Å². The summed E-state index contributed by atoms with van der Waals surface area (Å²) in [7, 11) is 0. The normalized spacial score (nSPS) is 11.8. The van der Waals surface area contributed by atoms with Crippen molar-refractivity contribution in [3.05, 3.63) is 34.6 Å². The van der Waals surface area contributed by atoms with Crippen molar-refractivity contribution in [3.8, 4) is 6.07 Å². The molecule has 0 aliphatic rings. The first-order valence-corrected chi connectivity index (χ1v) is 6.85. The Bertz CT molecular complexity index is 650. The third-order valence-electron chi connectivity index (χ3n) is 3.55. The smallest absolute Gasteiger partial charge is 0.207 e. The average Bonchev–Trinajstić information content (AvgIpc) is 2.68. The fraction of sp³-hybridized carbons (Fsp3) is 0.471. The van der Waals surface area contributed by atoms with Gasteiger partial charge in [0.15, 0.2) is 0 Å². The monoisotopic (exact) mass is 255 g/mol. The number of furan rings is 1. The van der Waals surface area contributed by atoms with Crippen molar-refractivity contribution in [3.63, 3.8) is 0 Å². The predicted molar refractivity (Wildman–Crippen MR) is 78.4 cm³/mol. The summed E-state index contributed by atoms with van der Waals surface area (Å²) in [6.45, 7) is 10.8. The van der Waals surface area contributed by atoms with E-state index < -0.39 is 0 Å². The zero-order valence-electron chi connectivity index (χ0n) is 12.4. The van der Waals surface area contributed by atoms with Gasteiger partial charge in [-0.3, -0.25) is 0 Å². The molecule has 0 spiro atoms. The maximum absolute atomic E-state index is 9.22. The zero-order chi connectivity index (χ0) is 14.2. The van der Waals surface area contributed by atoms with E-state index in [-0.39, 0.29) is 5.41 Å². The van der Waals surface area contributed by atoms with E-state index in [1.807, 2.05) is 0 Å². The van der Waals surface area contributed by atoms with Crippen molar-refractivity contribution in [2.45, 2.75) is 52.9 Å². The standard InChI is InChI=1S/C17H21NO/c1-6-7-13-14-9-12(17(3,4)5)8-11(2)16(14)19-15(13)10-18/h8-9H,6-7H2,1-5H3. The molecule has 0 radical (unpaired) electrons. The Hall–Kier alpha value is -1.75. The maximum atomic E-state index is 9.22. The van der Waals surface area contributed by atoms with Crippen LogP contribution in [-0.2, 0) is 11.8 Å². The number of nitriles is 1. The number of hydrogen-bond donors (Lipinski definition) is 0. The number of fused-ring (bicyclic) bond motifs is 1. The first kappa shape index (κ1) is 13.7. The Kier molecular flexibility index (Phi) is 3.41. The van der Waals surface area contributed by atoms with Crippen LogP contribution in [0.4, 0.5) is 0 Å². The van der Waals surface area contributed by atoms with Crippen molar-refractivity contribution in [1.82, 2.24) is 0 Å². The van der Waals surface area contributed by atoms with Crippen LogP contribution in [0.1, 0.15) is 56.6 Å². The van der Waals surface area contributed by atoms with Crippen molar-refractivity contribution in [2.24, 2.45) is 0 Å². The van der Waals surface area contributed by atoms with Crippen LogP contribution >= 0.6 is 0 Å². The van der Waals surface area contributed by atoms with Crippen molar-refractivity contribution >= 4 is 11.0 Å². The van der Waals surface area contributed by atoms with Gasteiger partial charge in [0.2, 0.25) is 5.76 Å². The number of nitrogens with zero attached hydrogens (tertiary/aromatic N) is 1. The Labute approximate surface area is 115 Å². The summed E-state index contributed by atoms with van der Waals surface area (Å²) >= 11 is 0. The molecule has 0 amide bonds. The molecule has 0 fully saturated rings. The molecule has 0 saturated carbocycles. The molecule has 2 nitrogen and oxygen atoms in total. The van der Waals surface area contributed by atoms with E-state index in [1.165, 1.54) is 5.56 Å². The Morgan fingerprint density at radius 2 is 1.95 bits per heavy atom. The van der Waals surface area contributed by atoms with Crippen LogP contribution in [0.15, 0.2) is 16.5 Å². The lowest BCUT2D eigenvalue weighted by Crippen LogP contribution is -2.11. The molecular weight excluding hydrogens is 234 g/mol. The summed E-state index contributed by atoms with van der Waals surface area (Å²) < 4.78 is 5.74. The van der Waals surface area contributed by atoms with Gasteiger partial charge in [0.1, 0.15) is 11.7 Å². The van der Waals surface area contributed by atoms with Gasteiger partial charge in [0, 0.05) is 10.9 Å². The first-order chi connectivity index (χ1) is 8.88. The molecule has 0 saturated heterocycles. The quantitative estimate of drug-likeness (QED) is 0.768. The molecule has 0 aliphatic carbocycles. The molecule has 0 aliphatic heterocycles. The van der Waals surface area contributed by atoms with Crippen LogP contribution in [0.3, 0.4) is 0 Å². The molecule has 1 aromatic carbocycles. The van der Waals surface area contributed by atoms with E-state index in [9.17, 15) is 5.26 Å². The maximum Gasteiger partial charge on any atom is 0.207 e. The van der Waals surface area contributed by atoms with Crippen molar-refractivity contribution in [1.29, 1.82) is 5.26 Å². The molecule has 1 heterocycles. The largest absolute Gasteiger partial charge is 0.445 e. The molecule has 19 heavy (non-hydrogen) atoms. The second-order valence-electron chi connectivity index (χ2n) is 6.19. The highest BCUT2D eigenvalue weighted by atomic mass is 16.3. The topological polar surface area (TPSA) is 36.9 Å². The Morgan fingerprint density at radius 1 is 1.26 bits per heavy atom. The minimum Gasteiger partial charge on any atom is -0.445 e. The first-order valence-electron chi connectivity index (χ1n) is 6.85. The number of aryl methyl sites for hydroxylation is 2. The van der Waals surface area contributed by atoms with Crippen molar-refractivity contribution < 1.29 is 4.42 Å². The molecule has 0 unspecified atom stereocenters. The lowest BCUT2D eigenvalue weighted by molar-refractivity contribution is 0.583. The fourth-order valence-corrected chi connectivity index (χ4v) is 2.44. The molecule has 100 valence electrons. The van der Waals surface area contributed by atoms with E-state index in [4.69, 9.17) is 4.42 Å². The lowest BCUT2D eigenvalue weighted by Gasteiger charge is -2.19. The highest BCUT2D eigenvalue weighted by Gasteiger charge is 2.20. The molecule has 1 aromatic heterocycles.